The van der Waals surface area contributed by atoms with Gasteiger partial charge in [0.2, 0.25) is 0 Å². The molecule has 0 radical (unpaired) electrons. The zero-order valence-corrected chi connectivity index (χ0v) is 18.4. The van der Waals surface area contributed by atoms with Crippen molar-refractivity contribution in [3.05, 3.63) is 35.3 Å². The molecule has 5 heteroatoms. The van der Waals surface area contributed by atoms with Crippen molar-refractivity contribution in [3.63, 3.8) is 0 Å². The van der Waals surface area contributed by atoms with Crippen LogP contribution in [0.1, 0.15) is 63.4 Å². The number of pyridine rings is 1. The van der Waals surface area contributed by atoms with Crippen LogP contribution in [0.25, 0.3) is 22.4 Å². The Labute approximate surface area is 168 Å². The van der Waals surface area contributed by atoms with Gasteiger partial charge in [0.15, 0.2) is 5.65 Å². The molecular formula is C23H33N5. The SMILES string of the molecule is CCc1cc(N(C)CC)ncc1-c1nc2c(C)cn(C(CC)CC)c2nc1C. The molecule has 0 aliphatic carbocycles. The van der Waals surface area contributed by atoms with Crippen LogP contribution in [0.2, 0.25) is 0 Å². The molecule has 3 heterocycles. The average molecular weight is 380 g/mol. The van der Waals surface area contributed by atoms with Crippen LogP contribution in [-0.4, -0.2) is 33.1 Å². The number of fused-ring (bicyclic) bond motifs is 1. The Morgan fingerprint density at radius 2 is 1.79 bits per heavy atom. The third-order valence-electron chi connectivity index (χ3n) is 5.82. The minimum absolute atomic E-state index is 0.465. The van der Waals surface area contributed by atoms with E-state index in [9.17, 15) is 0 Å². The van der Waals surface area contributed by atoms with Gasteiger partial charge in [-0.3, -0.25) is 0 Å². The summed E-state index contributed by atoms with van der Waals surface area (Å²) in [6.45, 7) is 13.9. The Morgan fingerprint density at radius 1 is 1.07 bits per heavy atom. The van der Waals surface area contributed by atoms with Crippen LogP contribution in [0.15, 0.2) is 18.5 Å². The first-order valence-electron chi connectivity index (χ1n) is 10.5. The number of aryl methyl sites for hydroxylation is 3. The summed E-state index contributed by atoms with van der Waals surface area (Å²) in [5.74, 6) is 1.01. The first kappa shape index (κ1) is 20.3. The molecule has 3 aromatic heterocycles. The van der Waals surface area contributed by atoms with Crippen molar-refractivity contribution >= 4 is 17.0 Å². The lowest BCUT2D eigenvalue weighted by atomic mass is 10.0. The number of anilines is 1. The highest BCUT2D eigenvalue weighted by atomic mass is 15.2. The summed E-state index contributed by atoms with van der Waals surface area (Å²) >= 11 is 0. The Hall–Kier alpha value is -2.43. The Balaban J connectivity index is 2.17. The van der Waals surface area contributed by atoms with Crippen molar-refractivity contribution in [1.82, 2.24) is 19.5 Å². The molecule has 28 heavy (non-hydrogen) atoms. The molecule has 3 aromatic rings. The van der Waals surface area contributed by atoms with Crippen molar-refractivity contribution in [2.45, 2.75) is 66.8 Å². The molecule has 150 valence electrons. The predicted octanol–water partition coefficient (Wildman–Crippen LogP) is 5.49. The van der Waals surface area contributed by atoms with E-state index in [4.69, 9.17) is 15.0 Å². The van der Waals surface area contributed by atoms with E-state index in [1.807, 2.05) is 6.20 Å². The summed E-state index contributed by atoms with van der Waals surface area (Å²) < 4.78 is 2.31. The van der Waals surface area contributed by atoms with E-state index in [0.717, 1.165) is 59.7 Å². The maximum Gasteiger partial charge on any atom is 0.159 e. The Morgan fingerprint density at radius 3 is 2.39 bits per heavy atom. The van der Waals surface area contributed by atoms with Gasteiger partial charge in [-0.05, 0) is 57.2 Å². The normalized spacial score (nSPS) is 11.6. The predicted molar refractivity (Wildman–Crippen MR) is 118 cm³/mol. The summed E-state index contributed by atoms with van der Waals surface area (Å²) in [5, 5.41) is 0. The molecule has 5 nitrogen and oxygen atoms in total. The molecule has 0 spiro atoms. The quantitative estimate of drug-likeness (QED) is 0.544. The molecule has 0 saturated heterocycles. The average Bonchev–Trinajstić information content (AvgIpc) is 3.02. The lowest BCUT2D eigenvalue weighted by molar-refractivity contribution is 0.482. The number of rotatable bonds is 7. The van der Waals surface area contributed by atoms with Gasteiger partial charge in [-0.25, -0.2) is 15.0 Å². The standard InChI is InChI=1S/C23H33N5/c1-8-17-12-20(27(7)11-4)24-13-19(17)22-16(6)25-23-21(26-22)15(5)14-28(23)18(9-2)10-3/h12-14,18H,8-11H2,1-7H3. The van der Waals surface area contributed by atoms with Crippen molar-refractivity contribution in [3.8, 4) is 11.3 Å². The fourth-order valence-corrected chi connectivity index (χ4v) is 3.86. The molecule has 0 saturated carbocycles. The minimum atomic E-state index is 0.465. The van der Waals surface area contributed by atoms with E-state index in [-0.39, 0.29) is 0 Å². The van der Waals surface area contributed by atoms with Gasteiger partial charge in [-0.15, -0.1) is 0 Å². The van der Waals surface area contributed by atoms with Gasteiger partial charge in [0.25, 0.3) is 0 Å². The number of hydrogen-bond donors (Lipinski definition) is 0. The highest BCUT2D eigenvalue weighted by Crippen LogP contribution is 2.31. The van der Waals surface area contributed by atoms with E-state index in [0.29, 0.717) is 6.04 Å². The van der Waals surface area contributed by atoms with E-state index < -0.39 is 0 Å². The summed E-state index contributed by atoms with van der Waals surface area (Å²) in [4.78, 5) is 16.9. The fourth-order valence-electron chi connectivity index (χ4n) is 3.86. The first-order valence-corrected chi connectivity index (χ1v) is 10.5. The van der Waals surface area contributed by atoms with Gasteiger partial charge in [-0.2, -0.15) is 0 Å². The lowest BCUT2D eigenvalue weighted by Crippen LogP contribution is -2.17. The molecule has 0 bridgehead atoms. The van der Waals surface area contributed by atoms with Crippen LogP contribution in [0, 0.1) is 13.8 Å². The van der Waals surface area contributed by atoms with Crippen LogP contribution in [0.5, 0.6) is 0 Å². The smallest absolute Gasteiger partial charge is 0.159 e. The van der Waals surface area contributed by atoms with Gasteiger partial charge in [0.1, 0.15) is 11.3 Å². The number of nitrogens with zero attached hydrogens (tertiary/aromatic N) is 5. The minimum Gasteiger partial charge on any atom is -0.360 e. The van der Waals surface area contributed by atoms with Crippen LogP contribution in [-0.2, 0) is 6.42 Å². The molecule has 3 rings (SSSR count). The Kier molecular flexibility index (Phi) is 6.01. The molecule has 0 N–H and O–H groups in total. The second kappa shape index (κ2) is 8.29. The maximum atomic E-state index is 5.08. The first-order chi connectivity index (χ1) is 13.4. The molecule has 0 aliphatic heterocycles. The van der Waals surface area contributed by atoms with Crippen molar-refractivity contribution in [2.75, 3.05) is 18.5 Å². The van der Waals surface area contributed by atoms with Gasteiger partial charge in [-0.1, -0.05) is 20.8 Å². The van der Waals surface area contributed by atoms with Crippen molar-refractivity contribution in [1.29, 1.82) is 0 Å². The van der Waals surface area contributed by atoms with Crippen molar-refractivity contribution < 1.29 is 0 Å². The second-order valence-corrected chi connectivity index (χ2v) is 7.59. The summed E-state index contributed by atoms with van der Waals surface area (Å²) in [7, 11) is 2.07. The van der Waals surface area contributed by atoms with Crippen LogP contribution >= 0.6 is 0 Å². The highest BCUT2D eigenvalue weighted by molar-refractivity contribution is 5.80. The van der Waals surface area contributed by atoms with Crippen LogP contribution < -0.4 is 4.90 Å². The van der Waals surface area contributed by atoms with Gasteiger partial charge in [0, 0.05) is 37.6 Å². The maximum absolute atomic E-state index is 5.08. The highest BCUT2D eigenvalue weighted by Gasteiger charge is 2.19. The second-order valence-electron chi connectivity index (χ2n) is 7.59. The van der Waals surface area contributed by atoms with Crippen LogP contribution in [0.4, 0.5) is 5.82 Å². The lowest BCUT2D eigenvalue weighted by Gasteiger charge is -2.18. The van der Waals surface area contributed by atoms with E-state index in [1.54, 1.807) is 0 Å². The van der Waals surface area contributed by atoms with E-state index in [1.165, 1.54) is 11.1 Å². The van der Waals surface area contributed by atoms with Crippen molar-refractivity contribution in [2.24, 2.45) is 0 Å². The van der Waals surface area contributed by atoms with Gasteiger partial charge < -0.3 is 9.47 Å². The molecular weight excluding hydrogens is 346 g/mol. The van der Waals surface area contributed by atoms with Crippen LogP contribution in [0.3, 0.4) is 0 Å². The third kappa shape index (κ3) is 3.50. The van der Waals surface area contributed by atoms with E-state index in [2.05, 4.69) is 70.3 Å². The molecule has 0 aromatic carbocycles. The molecule has 0 atom stereocenters. The monoisotopic (exact) mass is 379 g/mol. The topological polar surface area (TPSA) is 46.8 Å². The van der Waals surface area contributed by atoms with Gasteiger partial charge in [0.05, 0.1) is 11.4 Å². The number of hydrogen-bond acceptors (Lipinski definition) is 4. The third-order valence-corrected chi connectivity index (χ3v) is 5.82. The van der Waals surface area contributed by atoms with Gasteiger partial charge >= 0.3 is 0 Å². The summed E-state index contributed by atoms with van der Waals surface area (Å²) in [6, 6.07) is 2.65. The molecule has 0 amide bonds. The molecule has 0 aliphatic rings. The number of aromatic nitrogens is 4. The summed E-state index contributed by atoms with van der Waals surface area (Å²) in [5.41, 5.74) is 7.46. The summed E-state index contributed by atoms with van der Waals surface area (Å²) in [6.07, 6.45) is 7.31. The Bertz CT molecular complexity index is 969. The molecule has 0 unspecified atom stereocenters. The zero-order chi connectivity index (χ0) is 20.4. The zero-order valence-electron chi connectivity index (χ0n) is 18.4. The molecule has 0 fully saturated rings. The largest absolute Gasteiger partial charge is 0.360 e. The fraction of sp³-hybridized carbons (Fsp3) is 0.522. The van der Waals surface area contributed by atoms with E-state index >= 15 is 0 Å².